The van der Waals surface area contributed by atoms with Gasteiger partial charge in [0.1, 0.15) is 17.3 Å². The van der Waals surface area contributed by atoms with Crippen LogP contribution in [0, 0.1) is 6.92 Å². The minimum absolute atomic E-state index is 0.194. The first kappa shape index (κ1) is 19.1. The normalized spacial score (nSPS) is 14.4. The van der Waals surface area contributed by atoms with Crippen molar-refractivity contribution in [2.45, 2.75) is 32.6 Å². The van der Waals surface area contributed by atoms with Gasteiger partial charge in [-0.15, -0.1) is 0 Å². The molecule has 0 bridgehead atoms. The Morgan fingerprint density at radius 2 is 1.69 bits per heavy atom. The van der Waals surface area contributed by atoms with E-state index in [1.165, 1.54) is 18.4 Å². The quantitative estimate of drug-likeness (QED) is 0.661. The second-order valence-electron chi connectivity index (χ2n) is 7.63. The van der Waals surface area contributed by atoms with Crippen LogP contribution in [-0.2, 0) is 0 Å². The SMILES string of the molecule is Cc1ccc(-c2cnc(N)c(C(=O)c3cccc(N4CCCCCC4)n3)c2)cc1. The highest BCUT2D eigenvalue weighted by atomic mass is 16.1. The fourth-order valence-corrected chi connectivity index (χ4v) is 3.72. The first-order valence-electron chi connectivity index (χ1n) is 10.2. The van der Waals surface area contributed by atoms with Gasteiger partial charge in [0, 0.05) is 24.8 Å². The Hall–Kier alpha value is -3.21. The van der Waals surface area contributed by atoms with Crippen molar-refractivity contribution in [1.82, 2.24) is 9.97 Å². The third-order valence-electron chi connectivity index (χ3n) is 5.45. The van der Waals surface area contributed by atoms with Crippen molar-refractivity contribution in [2.75, 3.05) is 23.7 Å². The molecule has 29 heavy (non-hydrogen) atoms. The minimum atomic E-state index is -0.194. The number of ketones is 1. The van der Waals surface area contributed by atoms with Crippen LogP contribution >= 0.6 is 0 Å². The number of benzene rings is 1. The van der Waals surface area contributed by atoms with E-state index in [2.05, 4.69) is 14.9 Å². The lowest BCUT2D eigenvalue weighted by Crippen LogP contribution is -2.25. The van der Waals surface area contributed by atoms with E-state index in [1.807, 2.05) is 49.4 Å². The van der Waals surface area contributed by atoms with Crippen molar-refractivity contribution in [3.05, 3.63) is 71.5 Å². The third kappa shape index (κ3) is 4.29. The molecule has 148 valence electrons. The summed E-state index contributed by atoms with van der Waals surface area (Å²) >= 11 is 0. The predicted molar refractivity (Wildman–Crippen MR) is 117 cm³/mol. The average Bonchev–Trinajstić information content (AvgIpc) is 3.04. The molecular weight excluding hydrogens is 360 g/mol. The van der Waals surface area contributed by atoms with Crippen LogP contribution in [0.2, 0.25) is 0 Å². The van der Waals surface area contributed by atoms with Gasteiger partial charge in [0.25, 0.3) is 0 Å². The molecule has 1 fully saturated rings. The van der Waals surface area contributed by atoms with Crippen LogP contribution in [0.5, 0.6) is 0 Å². The zero-order valence-electron chi connectivity index (χ0n) is 16.8. The maximum atomic E-state index is 13.2. The molecular formula is C24H26N4O. The Morgan fingerprint density at radius 1 is 0.966 bits per heavy atom. The smallest absolute Gasteiger partial charge is 0.215 e. The Labute approximate surface area is 171 Å². The van der Waals surface area contributed by atoms with Gasteiger partial charge in [-0.05, 0) is 43.5 Å². The van der Waals surface area contributed by atoms with Crippen molar-refractivity contribution >= 4 is 17.4 Å². The molecule has 5 nitrogen and oxygen atoms in total. The first-order valence-corrected chi connectivity index (χ1v) is 10.2. The summed E-state index contributed by atoms with van der Waals surface area (Å²) in [7, 11) is 0. The molecule has 1 aliphatic heterocycles. The van der Waals surface area contributed by atoms with Gasteiger partial charge in [0.15, 0.2) is 0 Å². The van der Waals surface area contributed by atoms with Gasteiger partial charge in [0.05, 0.1) is 5.56 Å². The fraction of sp³-hybridized carbons (Fsp3) is 0.292. The van der Waals surface area contributed by atoms with Crippen LogP contribution in [0.3, 0.4) is 0 Å². The lowest BCUT2D eigenvalue weighted by atomic mass is 10.0. The standard InChI is InChI=1S/C24H26N4O/c1-17-9-11-18(12-10-17)19-15-20(24(25)26-16-19)23(29)21-7-6-8-22(27-21)28-13-4-2-3-5-14-28/h6-12,15-16H,2-5,13-14H2,1H3,(H2,25,26). The van der Waals surface area contributed by atoms with Crippen LogP contribution in [0.1, 0.15) is 47.3 Å². The van der Waals surface area contributed by atoms with Crippen LogP contribution in [0.4, 0.5) is 11.6 Å². The van der Waals surface area contributed by atoms with Crippen LogP contribution in [0.15, 0.2) is 54.7 Å². The molecule has 1 aromatic carbocycles. The zero-order chi connectivity index (χ0) is 20.2. The molecule has 0 radical (unpaired) electrons. The Morgan fingerprint density at radius 3 is 2.41 bits per heavy atom. The molecule has 0 saturated carbocycles. The van der Waals surface area contributed by atoms with Gasteiger partial charge >= 0.3 is 0 Å². The fourth-order valence-electron chi connectivity index (χ4n) is 3.72. The highest BCUT2D eigenvalue weighted by Crippen LogP contribution is 2.25. The Bertz CT molecular complexity index is 1010. The van der Waals surface area contributed by atoms with Crippen molar-refractivity contribution in [3.63, 3.8) is 0 Å². The number of hydrogen-bond donors (Lipinski definition) is 1. The van der Waals surface area contributed by atoms with E-state index in [4.69, 9.17) is 5.73 Å². The minimum Gasteiger partial charge on any atom is -0.383 e. The molecule has 0 aliphatic carbocycles. The molecule has 5 heteroatoms. The number of carbonyl (C=O) groups excluding carboxylic acids is 1. The summed E-state index contributed by atoms with van der Waals surface area (Å²) in [5.74, 6) is 0.896. The largest absolute Gasteiger partial charge is 0.383 e. The number of hydrogen-bond acceptors (Lipinski definition) is 5. The van der Waals surface area contributed by atoms with E-state index in [0.29, 0.717) is 11.3 Å². The van der Waals surface area contributed by atoms with Gasteiger partial charge in [-0.2, -0.15) is 0 Å². The number of pyridine rings is 2. The van der Waals surface area contributed by atoms with E-state index in [9.17, 15) is 4.79 Å². The maximum absolute atomic E-state index is 13.2. The van der Waals surface area contributed by atoms with Crippen molar-refractivity contribution in [2.24, 2.45) is 0 Å². The van der Waals surface area contributed by atoms with E-state index in [-0.39, 0.29) is 11.6 Å². The molecule has 0 atom stereocenters. The zero-order valence-corrected chi connectivity index (χ0v) is 16.8. The Kier molecular flexibility index (Phi) is 5.56. The maximum Gasteiger partial charge on any atom is 0.215 e. The molecule has 3 heterocycles. The van der Waals surface area contributed by atoms with E-state index in [0.717, 1.165) is 42.9 Å². The lowest BCUT2D eigenvalue weighted by molar-refractivity contribution is 0.103. The van der Waals surface area contributed by atoms with Gasteiger partial charge in [0.2, 0.25) is 5.78 Å². The molecule has 2 aromatic heterocycles. The van der Waals surface area contributed by atoms with Crippen LogP contribution in [-0.4, -0.2) is 28.8 Å². The summed E-state index contributed by atoms with van der Waals surface area (Å²) in [6, 6.07) is 15.6. The summed E-state index contributed by atoms with van der Waals surface area (Å²) in [4.78, 5) is 24.4. The summed E-state index contributed by atoms with van der Waals surface area (Å²) < 4.78 is 0. The molecule has 0 spiro atoms. The number of carbonyl (C=O) groups is 1. The third-order valence-corrected chi connectivity index (χ3v) is 5.45. The van der Waals surface area contributed by atoms with E-state index >= 15 is 0 Å². The summed E-state index contributed by atoms with van der Waals surface area (Å²) in [6.45, 7) is 4.01. The van der Waals surface area contributed by atoms with Gasteiger partial charge in [-0.1, -0.05) is 48.7 Å². The average molecular weight is 386 g/mol. The van der Waals surface area contributed by atoms with Gasteiger partial charge in [-0.3, -0.25) is 4.79 Å². The summed E-state index contributed by atoms with van der Waals surface area (Å²) in [5.41, 5.74) is 9.91. The summed E-state index contributed by atoms with van der Waals surface area (Å²) in [6.07, 6.45) is 6.54. The van der Waals surface area contributed by atoms with Gasteiger partial charge < -0.3 is 10.6 Å². The number of rotatable bonds is 4. The number of nitrogen functional groups attached to an aromatic ring is 1. The van der Waals surface area contributed by atoms with Crippen LogP contribution in [0.25, 0.3) is 11.1 Å². The number of aryl methyl sites for hydroxylation is 1. The number of nitrogens with two attached hydrogens (primary N) is 1. The predicted octanol–water partition coefficient (Wildman–Crippen LogP) is 4.65. The molecule has 4 rings (SSSR count). The van der Waals surface area contributed by atoms with Gasteiger partial charge in [-0.25, -0.2) is 9.97 Å². The highest BCUT2D eigenvalue weighted by molar-refractivity contribution is 6.11. The molecule has 1 saturated heterocycles. The number of aromatic nitrogens is 2. The van der Waals surface area contributed by atoms with Crippen molar-refractivity contribution < 1.29 is 4.79 Å². The summed E-state index contributed by atoms with van der Waals surface area (Å²) in [5, 5.41) is 0. The van der Waals surface area contributed by atoms with Crippen LogP contribution < -0.4 is 10.6 Å². The Balaban J connectivity index is 1.65. The molecule has 3 aromatic rings. The number of nitrogens with zero attached hydrogens (tertiary/aromatic N) is 3. The second-order valence-corrected chi connectivity index (χ2v) is 7.63. The topological polar surface area (TPSA) is 72.1 Å². The van der Waals surface area contributed by atoms with Crippen molar-refractivity contribution in [1.29, 1.82) is 0 Å². The monoisotopic (exact) mass is 386 g/mol. The number of anilines is 2. The van der Waals surface area contributed by atoms with E-state index in [1.54, 1.807) is 12.3 Å². The van der Waals surface area contributed by atoms with E-state index < -0.39 is 0 Å². The molecule has 0 amide bonds. The lowest BCUT2D eigenvalue weighted by Gasteiger charge is -2.21. The molecule has 1 aliphatic rings. The second kappa shape index (κ2) is 8.43. The highest BCUT2D eigenvalue weighted by Gasteiger charge is 2.18. The first-order chi connectivity index (χ1) is 14.1. The van der Waals surface area contributed by atoms with Crippen molar-refractivity contribution in [3.8, 4) is 11.1 Å². The molecule has 2 N–H and O–H groups in total. The molecule has 0 unspecified atom stereocenters.